The summed E-state index contributed by atoms with van der Waals surface area (Å²) >= 11 is 1.69. The van der Waals surface area contributed by atoms with Gasteiger partial charge in [-0.1, -0.05) is 24.3 Å². The van der Waals surface area contributed by atoms with Crippen LogP contribution in [0, 0.1) is 11.8 Å². The Morgan fingerprint density at radius 2 is 1.83 bits per heavy atom. The van der Waals surface area contributed by atoms with Crippen LogP contribution in [0.15, 0.2) is 36.4 Å². The summed E-state index contributed by atoms with van der Waals surface area (Å²) in [6.07, 6.45) is 7.03. The molecule has 1 aliphatic carbocycles. The molecule has 150 valence electrons. The molecular weight excluding hydrogens is 386 g/mol. The van der Waals surface area contributed by atoms with E-state index in [1.807, 2.05) is 30.4 Å². The molecule has 0 spiro atoms. The van der Waals surface area contributed by atoms with E-state index in [0.717, 1.165) is 28.1 Å². The Labute approximate surface area is 173 Å². The molecule has 2 saturated heterocycles. The van der Waals surface area contributed by atoms with Gasteiger partial charge >= 0.3 is 0 Å². The van der Waals surface area contributed by atoms with Gasteiger partial charge in [-0.05, 0) is 37.8 Å². The molecule has 3 amide bonds. The topological polar surface area (TPSA) is 70.6 Å². The van der Waals surface area contributed by atoms with Crippen molar-refractivity contribution in [2.24, 2.45) is 11.8 Å². The first-order valence-electron chi connectivity index (χ1n) is 10.3. The molecule has 0 unspecified atom stereocenters. The highest BCUT2D eigenvalue weighted by Gasteiger charge is 2.48. The summed E-state index contributed by atoms with van der Waals surface area (Å²) in [7, 11) is 0. The predicted molar refractivity (Wildman–Crippen MR) is 110 cm³/mol. The van der Waals surface area contributed by atoms with Crippen LogP contribution in [0.4, 0.5) is 0 Å². The van der Waals surface area contributed by atoms with Gasteiger partial charge in [0, 0.05) is 19.0 Å². The summed E-state index contributed by atoms with van der Waals surface area (Å²) < 4.78 is 1.16. The van der Waals surface area contributed by atoms with Gasteiger partial charge in [0.1, 0.15) is 6.54 Å². The fourth-order valence-electron chi connectivity index (χ4n) is 4.73. The fourth-order valence-corrected chi connectivity index (χ4v) is 5.82. The zero-order chi connectivity index (χ0) is 20.0. The highest BCUT2D eigenvalue weighted by Crippen LogP contribution is 2.36. The Bertz CT molecular complexity index is 955. The number of hydrogen-bond donors (Lipinski definition) is 0. The molecule has 7 heteroatoms. The van der Waals surface area contributed by atoms with E-state index in [1.165, 1.54) is 4.90 Å². The minimum Gasteiger partial charge on any atom is -0.340 e. The van der Waals surface area contributed by atoms with Crippen LogP contribution < -0.4 is 0 Å². The third-order valence-corrected chi connectivity index (χ3v) is 7.52. The maximum Gasteiger partial charge on any atom is 0.242 e. The van der Waals surface area contributed by atoms with E-state index in [1.54, 1.807) is 16.2 Å². The van der Waals surface area contributed by atoms with Gasteiger partial charge in [-0.15, -0.1) is 11.3 Å². The molecule has 1 aromatic carbocycles. The van der Waals surface area contributed by atoms with E-state index in [0.29, 0.717) is 25.9 Å². The van der Waals surface area contributed by atoms with Crippen LogP contribution in [-0.4, -0.2) is 52.1 Å². The van der Waals surface area contributed by atoms with Crippen molar-refractivity contribution in [1.82, 2.24) is 14.8 Å². The third kappa shape index (κ3) is 3.27. The summed E-state index contributed by atoms with van der Waals surface area (Å²) in [6, 6.07) is 8.08. The molecule has 2 aromatic rings. The number of benzene rings is 1. The van der Waals surface area contributed by atoms with Crippen LogP contribution in [-0.2, 0) is 14.4 Å². The van der Waals surface area contributed by atoms with Crippen LogP contribution in [0.25, 0.3) is 10.2 Å². The average molecular weight is 410 g/mol. The molecule has 2 aliphatic heterocycles. The Kier molecular flexibility index (Phi) is 4.70. The lowest BCUT2D eigenvalue weighted by Gasteiger charge is -2.32. The number of allylic oxidation sites excluding steroid dienone is 2. The summed E-state index contributed by atoms with van der Waals surface area (Å²) in [5.41, 5.74) is 1.00. The van der Waals surface area contributed by atoms with Crippen molar-refractivity contribution < 1.29 is 14.4 Å². The van der Waals surface area contributed by atoms with Crippen LogP contribution in [0.3, 0.4) is 0 Å². The van der Waals surface area contributed by atoms with Crippen molar-refractivity contribution in [2.75, 3.05) is 19.6 Å². The molecule has 2 fully saturated rings. The van der Waals surface area contributed by atoms with Crippen LogP contribution >= 0.6 is 11.3 Å². The number of fused-ring (bicyclic) bond motifs is 2. The van der Waals surface area contributed by atoms with Crippen LogP contribution in [0.1, 0.15) is 36.6 Å². The largest absolute Gasteiger partial charge is 0.340 e. The maximum absolute atomic E-state index is 12.9. The van der Waals surface area contributed by atoms with Crippen LogP contribution in [0.2, 0.25) is 0 Å². The van der Waals surface area contributed by atoms with Crippen molar-refractivity contribution in [3.05, 3.63) is 41.4 Å². The van der Waals surface area contributed by atoms with E-state index in [-0.39, 0.29) is 42.0 Å². The second kappa shape index (κ2) is 7.37. The lowest BCUT2D eigenvalue weighted by atomic mass is 9.85. The van der Waals surface area contributed by atoms with Gasteiger partial charge in [-0.25, -0.2) is 4.98 Å². The maximum atomic E-state index is 12.9. The summed E-state index contributed by atoms with van der Waals surface area (Å²) in [5.74, 6) is -0.852. The van der Waals surface area contributed by atoms with E-state index >= 15 is 0 Å². The standard InChI is InChI=1S/C22H23N3O3S/c26-19(13-25-21(27)15-7-1-2-8-16(15)22(25)28)24-11-5-6-14(12-24)20-23-17-9-3-4-10-18(17)29-20/h1-4,9-10,14-16H,5-8,11-13H2/t14-,15-,16+/m0/s1. The lowest BCUT2D eigenvalue weighted by Crippen LogP contribution is -2.46. The van der Waals surface area contributed by atoms with Gasteiger partial charge in [0.2, 0.25) is 17.7 Å². The van der Waals surface area contributed by atoms with Crippen molar-refractivity contribution in [3.8, 4) is 0 Å². The molecule has 6 nitrogen and oxygen atoms in total. The predicted octanol–water partition coefficient (Wildman–Crippen LogP) is 2.95. The van der Waals surface area contributed by atoms with Crippen molar-refractivity contribution in [1.29, 1.82) is 0 Å². The average Bonchev–Trinajstić information content (AvgIpc) is 3.29. The molecule has 0 radical (unpaired) electrons. The fraction of sp³-hybridized carbons (Fsp3) is 0.455. The number of amides is 3. The molecular formula is C22H23N3O3S. The SMILES string of the molecule is O=C(CN1C(=O)[C@H]2CC=CC[C@H]2C1=O)N1CCC[C@H](c2nc3ccccc3s2)C1. The van der Waals surface area contributed by atoms with Gasteiger partial charge in [-0.3, -0.25) is 19.3 Å². The Balaban J connectivity index is 1.28. The van der Waals surface area contributed by atoms with Gasteiger partial charge in [0.15, 0.2) is 0 Å². The number of nitrogens with zero attached hydrogens (tertiary/aromatic N) is 3. The van der Waals surface area contributed by atoms with E-state index in [9.17, 15) is 14.4 Å². The Hall–Kier alpha value is -2.54. The first-order chi connectivity index (χ1) is 14.1. The smallest absolute Gasteiger partial charge is 0.242 e. The molecule has 3 atom stereocenters. The summed E-state index contributed by atoms with van der Waals surface area (Å²) in [5, 5.41) is 1.06. The Morgan fingerprint density at radius 1 is 1.10 bits per heavy atom. The highest BCUT2D eigenvalue weighted by molar-refractivity contribution is 7.18. The second-order valence-electron chi connectivity index (χ2n) is 8.12. The van der Waals surface area contributed by atoms with Crippen LogP contribution in [0.5, 0.6) is 0 Å². The first-order valence-corrected chi connectivity index (χ1v) is 11.1. The summed E-state index contributed by atoms with van der Waals surface area (Å²) in [4.78, 5) is 46.0. The number of thiazole rings is 1. The highest BCUT2D eigenvalue weighted by atomic mass is 32.1. The van der Waals surface area contributed by atoms with E-state index in [2.05, 4.69) is 6.07 Å². The quantitative estimate of drug-likeness (QED) is 0.577. The van der Waals surface area contributed by atoms with Gasteiger partial charge in [0.05, 0.1) is 27.1 Å². The molecule has 3 heterocycles. The number of carbonyl (C=O) groups excluding carboxylic acids is 3. The van der Waals surface area contributed by atoms with Crippen molar-refractivity contribution in [3.63, 3.8) is 0 Å². The molecule has 29 heavy (non-hydrogen) atoms. The number of para-hydroxylation sites is 1. The first kappa shape index (κ1) is 18.5. The van der Waals surface area contributed by atoms with E-state index < -0.39 is 0 Å². The number of hydrogen-bond acceptors (Lipinski definition) is 5. The Morgan fingerprint density at radius 3 is 2.55 bits per heavy atom. The zero-order valence-electron chi connectivity index (χ0n) is 16.1. The number of rotatable bonds is 3. The lowest BCUT2D eigenvalue weighted by molar-refractivity contribution is -0.147. The number of likely N-dealkylation sites (tertiary alicyclic amines) is 2. The molecule has 3 aliphatic rings. The van der Waals surface area contributed by atoms with Crippen molar-refractivity contribution in [2.45, 2.75) is 31.6 Å². The molecule has 1 aromatic heterocycles. The minimum absolute atomic E-state index is 0.128. The molecule has 0 saturated carbocycles. The van der Waals surface area contributed by atoms with E-state index in [4.69, 9.17) is 4.98 Å². The van der Waals surface area contributed by atoms with Crippen molar-refractivity contribution >= 4 is 39.3 Å². The third-order valence-electron chi connectivity index (χ3n) is 6.33. The van der Waals surface area contributed by atoms with Gasteiger partial charge in [-0.2, -0.15) is 0 Å². The minimum atomic E-state index is -0.280. The van der Waals surface area contributed by atoms with Gasteiger partial charge < -0.3 is 4.90 Å². The second-order valence-corrected chi connectivity index (χ2v) is 9.18. The molecule has 0 bridgehead atoms. The number of carbonyl (C=O) groups is 3. The monoisotopic (exact) mass is 409 g/mol. The zero-order valence-corrected chi connectivity index (χ0v) is 16.9. The summed E-state index contributed by atoms with van der Waals surface area (Å²) in [6.45, 7) is 1.14. The molecule has 5 rings (SSSR count). The number of piperidine rings is 1. The number of imide groups is 1. The number of aromatic nitrogens is 1. The normalized spacial score (nSPS) is 27.0. The van der Waals surface area contributed by atoms with Gasteiger partial charge in [0.25, 0.3) is 0 Å². The molecule has 0 N–H and O–H groups in total.